The van der Waals surface area contributed by atoms with Gasteiger partial charge in [-0.3, -0.25) is 0 Å². The molecule has 1 N–H and O–H groups in total. The molecule has 0 spiro atoms. The van der Waals surface area contributed by atoms with E-state index in [2.05, 4.69) is 10.5 Å². The topological polar surface area (TPSA) is 96.0 Å². The lowest BCUT2D eigenvalue weighted by Crippen LogP contribution is -2.22. The maximum absolute atomic E-state index is 12.1. The van der Waals surface area contributed by atoms with Crippen LogP contribution in [0.25, 0.3) is 0 Å². The number of nitriles is 1. The summed E-state index contributed by atoms with van der Waals surface area (Å²) in [4.78, 5) is 0.166. The molecule has 6 nitrogen and oxygen atoms in total. The predicted molar refractivity (Wildman–Crippen MR) is 76.2 cm³/mol. The monoisotopic (exact) mass is 305 g/mol. The van der Waals surface area contributed by atoms with Crippen LogP contribution in [-0.2, 0) is 16.4 Å². The minimum absolute atomic E-state index is 0.0466. The van der Waals surface area contributed by atoms with Gasteiger partial charge in [0.25, 0.3) is 0 Å². The van der Waals surface area contributed by atoms with Gasteiger partial charge in [0.05, 0.1) is 34.5 Å². The van der Waals surface area contributed by atoms with Crippen molar-refractivity contribution < 1.29 is 12.9 Å². The second-order valence-electron chi connectivity index (χ2n) is 4.57. The van der Waals surface area contributed by atoms with E-state index in [1.807, 2.05) is 13.0 Å². The molecule has 0 atom stereocenters. The molecule has 1 heterocycles. The van der Waals surface area contributed by atoms with Crippen LogP contribution in [0.2, 0.25) is 0 Å². The summed E-state index contributed by atoms with van der Waals surface area (Å²) < 4.78 is 29.3. The third kappa shape index (κ3) is 4.15. The van der Waals surface area contributed by atoms with Crippen LogP contribution in [0.3, 0.4) is 0 Å². The number of benzene rings is 1. The Hall–Kier alpha value is -2.17. The van der Waals surface area contributed by atoms with E-state index in [1.54, 1.807) is 18.2 Å². The average Bonchev–Trinajstić information content (AvgIpc) is 2.89. The van der Waals surface area contributed by atoms with Crippen molar-refractivity contribution in [3.63, 3.8) is 0 Å². The molecule has 2 rings (SSSR count). The Morgan fingerprint density at radius 3 is 2.86 bits per heavy atom. The summed E-state index contributed by atoms with van der Waals surface area (Å²) in [6.45, 7) is 2.53. The number of sulfone groups is 1. The Balaban J connectivity index is 1.90. The second-order valence-corrected chi connectivity index (χ2v) is 6.68. The second kappa shape index (κ2) is 6.52. The molecule has 0 bridgehead atoms. The predicted octanol–water partition coefficient (Wildman–Crippen LogP) is 1.42. The van der Waals surface area contributed by atoms with Crippen LogP contribution in [-0.4, -0.2) is 25.9 Å². The number of nitrogens with zero attached hydrogens (tertiary/aromatic N) is 2. The van der Waals surface area contributed by atoms with Crippen molar-refractivity contribution in [3.8, 4) is 6.07 Å². The molecule has 0 radical (unpaired) electrons. The summed E-state index contributed by atoms with van der Waals surface area (Å²) in [5.74, 6) is 0.617. The van der Waals surface area contributed by atoms with Crippen molar-refractivity contribution >= 4 is 9.84 Å². The Bertz CT molecular complexity index is 760. The smallest absolute Gasteiger partial charge is 0.179 e. The molecule has 1 aromatic heterocycles. The molecule has 21 heavy (non-hydrogen) atoms. The van der Waals surface area contributed by atoms with E-state index in [1.165, 1.54) is 12.1 Å². The molecule has 0 unspecified atom stereocenters. The maximum atomic E-state index is 12.1. The van der Waals surface area contributed by atoms with Crippen LogP contribution >= 0.6 is 0 Å². The molecule has 1 aromatic carbocycles. The van der Waals surface area contributed by atoms with E-state index in [-0.39, 0.29) is 10.6 Å². The molecule has 2 aromatic rings. The molecular formula is C14H15N3O3S. The number of nitrogens with one attached hydrogen (secondary N) is 1. The summed E-state index contributed by atoms with van der Waals surface area (Å²) in [7, 11) is -3.40. The third-order valence-corrected chi connectivity index (χ3v) is 4.56. The lowest BCUT2D eigenvalue weighted by Gasteiger charge is -2.05. The van der Waals surface area contributed by atoms with Crippen molar-refractivity contribution in [2.75, 3.05) is 12.3 Å². The normalized spacial score (nSPS) is 11.2. The van der Waals surface area contributed by atoms with E-state index in [4.69, 9.17) is 9.78 Å². The lowest BCUT2D eigenvalue weighted by atomic mass is 10.2. The van der Waals surface area contributed by atoms with Crippen LogP contribution in [0.1, 0.15) is 17.0 Å². The zero-order valence-electron chi connectivity index (χ0n) is 11.5. The molecule has 0 saturated heterocycles. The fourth-order valence-electron chi connectivity index (χ4n) is 1.79. The molecule has 0 saturated carbocycles. The summed E-state index contributed by atoms with van der Waals surface area (Å²) in [5, 5.41) is 15.5. The zero-order valence-corrected chi connectivity index (χ0v) is 12.4. The minimum atomic E-state index is -3.40. The Labute approximate surface area is 123 Å². The Morgan fingerprint density at radius 1 is 1.38 bits per heavy atom. The largest absolute Gasteiger partial charge is 0.360 e. The van der Waals surface area contributed by atoms with Crippen LogP contribution < -0.4 is 5.32 Å². The first-order valence-electron chi connectivity index (χ1n) is 6.37. The fraction of sp³-hybridized carbons (Fsp3) is 0.286. The number of hydrogen-bond donors (Lipinski definition) is 1. The van der Waals surface area contributed by atoms with E-state index in [0.717, 1.165) is 5.69 Å². The lowest BCUT2D eigenvalue weighted by molar-refractivity contribution is 0.371. The summed E-state index contributed by atoms with van der Waals surface area (Å²) >= 11 is 0. The van der Waals surface area contributed by atoms with Gasteiger partial charge >= 0.3 is 0 Å². The maximum Gasteiger partial charge on any atom is 0.179 e. The molecule has 110 valence electrons. The summed E-state index contributed by atoms with van der Waals surface area (Å²) in [5.41, 5.74) is 1.12. The summed E-state index contributed by atoms with van der Waals surface area (Å²) in [6.07, 6.45) is 0. The van der Waals surface area contributed by atoms with E-state index in [9.17, 15) is 8.42 Å². The number of aromatic nitrogens is 1. The zero-order chi connectivity index (χ0) is 15.3. The molecule has 0 aliphatic rings. The van der Waals surface area contributed by atoms with Gasteiger partial charge in [0, 0.05) is 12.6 Å². The van der Waals surface area contributed by atoms with Crippen molar-refractivity contribution in [2.45, 2.75) is 18.4 Å². The number of hydrogen-bond acceptors (Lipinski definition) is 6. The van der Waals surface area contributed by atoms with Crippen LogP contribution in [0.4, 0.5) is 0 Å². The van der Waals surface area contributed by atoms with Gasteiger partial charge in [-0.1, -0.05) is 11.2 Å². The Morgan fingerprint density at radius 2 is 2.19 bits per heavy atom. The van der Waals surface area contributed by atoms with Crippen molar-refractivity contribution in [1.29, 1.82) is 5.26 Å². The molecule has 0 aliphatic heterocycles. The van der Waals surface area contributed by atoms with Gasteiger partial charge in [0.15, 0.2) is 15.6 Å². The minimum Gasteiger partial charge on any atom is -0.360 e. The van der Waals surface area contributed by atoms with Crippen LogP contribution in [0, 0.1) is 18.3 Å². The molecule has 0 fully saturated rings. The van der Waals surface area contributed by atoms with Gasteiger partial charge in [-0.25, -0.2) is 8.42 Å². The molecule has 7 heteroatoms. The first kappa shape index (κ1) is 15.2. The van der Waals surface area contributed by atoms with Gasteiger partial charge in [0.2, 0.25) is 0 Å². The average molecular weight is 305 g/mol. The summed E-state index contributed by atoms with van der Waals surface area (Å²) in [6, 6.07) is 9.74. The standard InChI is InChI=1S/C14H15N3O3S/c1-11-7-13(20-17-11)10-16-5-6-21(18,19)14-4-2-3-12(8-14)9-15/h2-4,7-8,16H,5-6,10H2,1H3. The number of rotatable bonds is 6. The SMILES string of the molecule is Cc1cc(CNCCS(=O)(=O)c2cccc(C#N)c2)on1. The molecule has 0 amide bonds. The van der Waals surface area contributed by atoms with Crippen LogP contribution in [0.5, 0.6) is 0 Å². The number of aryl methyl sites for hydroxylation is 1. The Kier molecular flexibility index (Phi) is 4.73. The third-order valence-electron chi connectivity index (χ3n) is 2.85. The highest BCUT2D eigenvalue weighted by Crippen LogP contribution is 2.12. The van der Waals surface area contributed by atoms with E-state index in [0.29, 0.717) is 24.4 Å². The van der Waals surface area contributed by atoms with Crippen molar-refractivity contribution in [3.05, 3.63) is 47.3 Å². The quantitative estimate of drug-likeness (QED) is 0.811. The highest BCUT2D eigenvalue weighted by Gasteiger charge is 2.14. The van der Waals surface area contributed by atoms with Crippen LogP contribution in [0.15, 0.2) is 39.8 Å². The van der Waals surface area contributed by atoms with Crippen molar-refractivity contribution in [2.24, 2.45) is 0 Å². The fourth-order valence-corrected chi connectivity index (χ4v) is 3.04. The van der Waals surface area contributed by atoms with Gasteiger partial charge < -0.3 is 9.84 Å². The van der Waals surface area contributed by atoms with Crippen molar-refractivity contribution in [1.82, 2.24) is 10.5 Å². The highest BCUT2D eigenvalue weighted by molar-refractivity contribution is 7.91. The molecule has 0 aliphatic carbocycles. The van der Waals surface area contributed by atoms with Gasteiger partial charge in [-0.2, -0.15) is 5.26 Å². The van der Waals surface area contributed by atoms with Gasteiger partial charge in [0.1, 0.15) is 0 Å². The van der Waals surface area contributed by atoms with Gasteiger partial charge in [-0.05, 0) is 25.1 Å². The van der Waals surface area contributed by atoms with E-state index < -0.39 is 9.84 Å². The van der Waals surface area contributed by atoms with Gasteiger partial charge in [-0.15, -0.1) is 0 Å². The first-order chi connectivity index (χ1) is 10.0. The first-order valence-corrected chi connectivity index (χ1v) is 8.02. The highest BCUT2D eigenvalue weighted by atomic mass is 32.2. The molecular weight excluding hydrogens is 290 g/mol. The van der Waals surface area contributed by atoms with E-state index >= 15 is 0 Å².